The molecule has 4 rings (SSSR count). The van der Waals surface area contributed by atoms with Gasteiger partial charge in [-0.25, -0.2) is 4.21 Å². The molecule has 31 heavy (non-hydrogen) atoms. The molecular weight excluding hydrogens is 408 g/mol. The average molecular weight is 439 g/mol. The fourth-order valence-corrected chi connectivity index (χ4v) is 5.00. The second-order valence-electron chi connectivity index (χ2n) is 10.2. The summed E-state index contributed by atoms with van der Waals surface area (Å²) in [5, 5.41) is 5.86. The summed E-state index contributed by atoms with van der Waals surface area (Å²) in [6.07, 6.45) is 2.55. The van der Waals surface area contributed by atoms with Crippen LogP contribution in [0, 0.1) is 22.7 Å². The first-order chi connectivity index (χ1) is 14.5. The molecule has 0 aliphatic heterocycles. The Morgan fingerprint density at radius 1 is 0.839 bits per heavy atom. The predicted octanol–water partition coefficient (Wildman–Crippen LogP) is 5.21. The molecule has 0 bridgehead atoms. The maximum Gasteiger partial charge on any atom is 0.228 e. The van der Waals surface area contributed by atoms with Crippen molar-refractivity contribution in [2.75, 3.05) is 10.6 Å². The standard InChI is InChI=1S/C25H30N2O3S/c1-24(2)14-16(24)13-22(28)26-17-5-9-19(10-6-17)31(30)20-11-7-18(8-12-20)27-23(29)21-15-25(21,3)4/h5-12,16,21H,13-15H2,1-4H3,(H,26,28)(H,27,29). The Labute approximate surface area is 186 Å². The van der Waals surface area contributed by atoms with E-state index in [2.05, 4.69) is 38.3 Å². The summed E-state index contributed by atoms with van der Waals surface area (Å²) in [5.41, 5.74) is 1.80. The number of carbonyl (C=O) groups excluding carboxylic acids is 2. The van der Waals surface area contributed by atoms with Crippen LogP contribution >= 0.6 is 0 Å². The highest BCUT2D eigenvalue weighted by molar-refractivity contribution is 7.85. The predicted molar refractivity (Wildman–Crippen MR) is 123 cm³/mol. The third-order valence-corrected chi connectivity index (χ3v) is 8.07. The van der Waals surface area contributed by atoms with E-state index in [0.717, 1.165) is 12.8 Å². The molecule has 2 saturated carbocycles. The van der Waals surface area contributed by atoms with Crippen molar-refractivity contribution in [3.63, 3.8) is 0 Å². The molecule has 2 fully saturated rings. The lowest BCUT2D eigenvalue weighted by Gasteiger charge is -2.09. The number of rotatable bonds is 7. The molecule has 3 unspecified atom stereocenters. The maximum absolute atomic E-state index is 12.9. The van der Waals surface area contributed by atoms with Gasteiger partial charge in [0.05, 0.1) is 10.8 Å². The first kappa shape index (κ1) is 21.8. The van der Waals surface area contributed by atoms with Gasteiger partial charge in [0.25, 0.3) is 0 Å². The summed E-state index contributed by atoms with van der Waals surface area (Å²) in [6, 6.07) is 14.2. The highest BCUT2D eigenvalue weighted by atomic mass is 32.2. The summed E-state index contributed by atoms with van der Waals surface area (Å²) in [7, 11) is -1.33. The van der Waals surface area contributed by atoms with Crippen LogP contribution in [-0.4, -0.2) is 16.0 Å². The SMILES string of the molecule is CC1(C)CC1CC(=O)Nc1ccc(S(=O)c2ccc(NC(=O)C3CC3(C)C)cc2)cc1. The van der Waals surface area contributed by atoms with Crippen molar-refractivity contribution in [1.82, 2.24) is 0 Å². The molecule has 2 aromatic rings. The van der Waals surface area contributed by atoms with E-state index in [4.69, 9.17) is 0 Å². The summed E-state index contributed by atoms with van der Waals surface area (Å²) in [6.45, 7) is 8.55. The second-order valence-corrected chi connectivity index (χ2v) is 11.7. The van der Waals surface area contributed by atoms with Crippen molar-refractivity contribution in [3.8, 4) is 0 Å². The lowest BCUT2D eigenvalue weighted by Crippen LogP contribution is -2.16. The monoisotopic (exact) mass is 438 g/mol. The van der Waals surface area contributed by atoms with Crippen LogP contribution < -0.4 is 10.6 Å². The van der Waals surface area contributed by atoms with Gasteiger partial charge >= 0.3 is 0 Å². The zero-order valence-corrected chi connectivity index (χ0v) is 19.3. The highest BCUT2D eigenvalue weighted by Crippen LogP contribution is 2.53. The molecule has 0 radical (unpaired) electrons. The van der Waals surface area contributed by atoms with Crippen LogP contribution in [-0.2, 0) is 20.4 Å². The zero-order chi connectivity index (χ0) is 22.4. The smallest absolute Gasteiger partial charge is 0.228 e. The molecule has 0 spiro atoms. The normalized spacial score (nSPS) is 23.5. The van der Waals surface area contributed by atoms with E-state index in [1.54, 1.807) is 48.5 Å². The quantitative estimate of drug-likeness (QED) is 0.623. The fourth-order valence-electron chi connectivity index (χ4n) is 3.96. The van der Waals surface area contributed by atoms with Crippen LogP contribution in [0.4, 0.5) is 11.4 Å². The minimum Gasteiger partial charge on any atom is -0.326 e. The molecule has 5 nitrogen and oxygen atoms in total. The summed E-state index contributed by atoms with van der Waals surface area (Å²) < 4.78 is 12.9. The van der Waals surface area contributed by atoms with Gasteiger partial charge in [0, 0.05) is 33.5 Å². The first-order valence-corrected chi connectivity index (χ1v) is 11.9. The molecule has 3 atom stereocenters. The number of carbonyl (C=O) groups is 2. The van der Waals surface area contributed by atoms with E-state index in [9.17, 15) is 13.8 Å². The van der Waals surface area contributed by atoms with Gasteiger partial charge in [-0.1, -0.05) is 27.7 Å². The van der Waals surface area contributed by atoms with Gasteiger partial charge in [-0.15, -0.1) is 0 Å². The third-order valence-electron chi connectivity index (χ3n) is 6.67. The zero-order valence-electron chi connectivity index (χ0n) is 18.5. The summed E-state index contributed by atoms with van der Waals surface area (Å²) in [5.74, 6) is 0.595. The van der Waals surface area contributed by atoms with Crippen molar-refractivity contribution in [3.05, 3.63) is 48.5 Å². The number of hydrogen-bond donors (Lipinski definition) is 2. The lowest BCUT2D eigenvalue weighted by atomic mass is 10.1. The van der Waals surface area contributed by atoms with Gasteiger partial charge in [0.15, 0.2) is 0 Å². The summed E-state index contributed by atoms with van der Waals surface area (Å²) >= 11 is 0. The van der Waals surface area contributed by atoms with E-state index in [1.807, 2.05) is 0 Å². The van der Waals surface area contributed by atoms with Crippen LogP contribution in [0.1, 0.15) is 47.0 Å². The lowest BCUT2D eigenvalue weighted by molar-refractivity contribution is -0.118. The van der Waals surface area contributed by atoms with Crippen molar-refractivity contribution >= 4 is 34.0 Å². The van der Waals surface area contributed by atoms with Crippen molar-refractivity contribution in [2.24, 2.45) is 22.7 Å². The van der Waals surface area contributed by atoms with E-state index in [1.165, 1.54) is 0 Å². The number of nitrogens with one attached hydrogen (secondary N) is 2. The van der Waals surface area contributed by atoms with Crippen LogP contribution in [0.3, 0.4) is 0 Å². The molecule has 0 saturated heterocycles. The van der Waals surface area contributed by atoms with Gasteiger partial charge in [-0.3, -0.25) is 9.59 Å². The average Bonchev–Trinajstić information content (AvgIpc) is 3.55. The molecule has 2 N–H and O–H groups in total. The van der Waals surface area contributed by atoms with Crippen molar-refractivity contribution < 1.29 is 13.8 Å². The maximum atomic E-state index is 12.9. The number of benzene rings is 2. The Bertz CT molecular complexity index is 1030. The van der Waals surface area contributed by atoms with Gasteiger partial charge in [0.2, 0.25) is 11.8 Å². The van der Waals surface area contributed by atoms with Crippen LogP contribution in [0.2, 0.25) is 0 Å². The minimum absolute atomic E-state index is 0.0247. The molecule has 0 aromatic heterocycles. The first-order valence-electron chi connectivity index (χ1n) is 10.8. The van der Waals surface area contributed by atoms with Gasteiger partial charge in [0.1, 0.15) is 0 Å². The van der Waals surface area contributed by atoms with E-state index in [0.29, 0.717) is 33.5 Å². The van der Waals surface area contributed by atoms with E-state index in [-0.39, 0.29) is 28.6 Å². The fraction of sp³-hybridized carbons (Fsp3) is 0.440. The summed E-state index contributed by atoms with van der Waals surface area (Å²) in [4.78, 5) is 25.7. The molecule has 2 aliphatic carbocycles. The molecule has 2 aliphatic rings. The van der Waals surface area contributed by atoms with E-state index >= 15 is 0 Å². The molecule has 2 aromatic carbocycles. The largest absolute Gasteiger partial charge is 0.326 e. The van der Waals surface area contributed by atoms with Crippen molar-refractivity contribution in [2.45, 2.75) is 56.7 Å². The molecular formula is C25H30N2O3S. The molecule has 6 heteroatoms. The topological polar surface area (TPSA) is 75.3 Å². The van der Waals surface area contributed by atoms with Crippen LogP contribution in [0.15, 0.2) is 58.3 Å². The molecule has 164 valence electrons. The Morgan fingerprint density at radius 2 is 1.29 bits per heavy atom. The van der Waals surface area contributed by atoms with Gasteiger partial charge in [-0.05, 0) is 78.1 Å². The van der Waals surface area contributed by atoms with E-state index < -0.39 is 10.8 Å². The van der Waals surface area contributed by atoms with Crippen molar-refractivity contribution in [1.29, 1.82) is 0 Å². The van der Waals surface area contributed by atoms with Gasteiger partial charge < -0.3 is 10.6 Å². The van der Waals surface area contributed by atoms with Crippen LogP contribution in [0.5, 0.6) is 0 Å². The Balaban J connectivity index is 1.32. The number of anilines is 2. The minimum atomic E-state index is -1.33. The molecule has 0 heterocycles. The highest BCUT2D eigenvalue weighted by Gasteiger charge is 2.50. The third kappa shape index (κ3) is 5.06. The van der Waals surface area contributed by atoms with Gasteiger partial charge in [-0.2, -0.15) is 0 Å². The number of amides is 2. The Hall–Kier alpha value is -2.47. The molecule has 2 amide bonds. The number of hydrogen-bond acceptors (Lipinski definition) is 3. The second kappa shape index (κ2) is 7.90. The van der Waals surface area contributed by atoms with Crippen LogP contribution in [0.25, 0.3) is 0 Å². The Kier molecular flexibility index (Phi) is 5.54. The Morgan fingerprint density at radius 3 is 1.71 bits per heavy atom.